The van der Waals surface area contributed by atoms with Crippen molar-refractivity contribution in [3.05, 3.63) is 53.9 Å². The molecule has 2 heterocycles. The van der Waals surface area contributed by atoms with Crippen LogP contribution >= 0.6 is 0 Å². The van der Waals surface area contributed by atoms with Crippen LogP contribution in [0.5, 0.6) is 0 Å². The minimum absolute atomic E-state index is 0.774. The molecule has 1 fully saturated rings. The highest BCUT2D eigenvalue weighted by molar-refractivity contribution is 5.55. The van der Waals surface area contributed by atoms with Crippen molar-refractivity contribution in [1.82, 2.24) is 4.98 Å². The molecule has 0 saturated carbocycles. The maximum atomic E-state index is 4.41. The van der Waals surface area contributed by atoms with Crippen LogP contribution in [0.15, 0.2) is 42.6 Å². The Morgan fingerprint density at radius 1 is 1.05 bits per heavy atom. The Kier molecular flexibility index (Phi) is 4.39. The van der Waals surface area contributed by atoms with Crippen molar-refractivity contribution in [2.24, 2.45) is 0 Å². The molecule has 110 valence electrons. The Balaban J connectivity index is 1.60. The van der Waals surface area contributed by atoms with E-state index in [1.807, 2.05) is 12.3 Å². The summed E-state index contributed by atoms with van der Waals surface area (Å²) in [5.74, 6) is 0. The molecule has 0 atom stereocenters. The fourth-order valence-electron chi connectivity index (χ4n) is 2.83. The van der Waals surface area contributed by atoms with Crippen molar-refractivity contribution in [3.63, 3.8) is 0 Å². The van der Waals surface area contributed by atoms with Crippen LogP contribution in [0.25, 0.3) is 0 Å². The molecule has 21 heavy (non-hydrogen) atoms. The molecule has 1 aliphatic heterocycles. The number of rotatable bonds is 4. The summed E-state index contributed by atoms with van der Waals surface area (Å²) < 4.78 is 0. The molecular formula is C18H23N3. The Labute approximate surface area is 127 Å². The molecule has 3 nitrogen and oxygen atoms in total. The summed E-state index contributed by atoms with van der Waals surface area (Å²) >= 11 is 0. The smallest absolute Gasteiger partial charge is 0.0623 e. The van der Waals surface area contributed by atoms with Crippen LogP contribution in [0.3, 0.4) is 0 Å². The number of aryl methyl sites for hydroxylation is 1. The van der Waals surface area contributed by atoms with E-state index in [0.29, 0.717) is 0 Å². The Hall–Kier alpha value is -2.03. The maximum absolute atomic E-state index is 4.41. The van der Waals surface area contributed by atoms with Gasteiger partial charge in [-0.2, -0.15) is 0 Å². The number of nitrogens with zero attached hydrogens (tertiary/aromatic N) is 2. The van der Waals surface area contributed by atoms with E-state index in [9.17, 15) is 0 Å². The number of aromatic nitrogens is 1. The normalized spacial score (nSPS) is 15.0. The molecule has 1 N–H and O–H groups in total. The zero-order chi connectivity index (χ0) is 14.5. The summed E-state index contributed by atoms with van der Waals surface area (Å²) in [7, 11) is 0. The van der Waals surface area contributed by atoms with Gasteiger partial charge >= 0.3 is 0 Å². The molecule has 0 radical (unpaired) electrons. The van der Waals surface area contributed by atoms with E-state index in [2.05, 4.69) is 52.5 Å². The molecule has 0 spiro atoms. The highest BCUT2D eigenvalue weighted by Crippen LogP contribution is 2.22. The van der Waals surface area contributed by atoms with Gasteiger partial charge in [-0.3, -0.25) is 4.98 Å². The SMILES string of the molecule is Cc1cccnc1CNc1ccc(N2CCCCC2)cc1. The fraction of sp³-hybridized carbons (Fsp3) is 0.389. The summed E-state index contributed by atoms with van der Waals surface area (Å²) in [6.45, 7) is 5.26. The Morgan fingerprint density at radius 3 is 2.52 bits per heavy atom. The van der Waals surface area contributed by atoms with Crippen molar-refractivity contribution < 1.29 is 0 Å². The van der Waals surface area contributed by atoms with E-state index in [4.69, 9.17) is 0 Å². The van der Waals surface area contributed by atoms with Gasteiger partial charge in [0.05, 0.1) is 12.2 Å². The van der Waals surface area contributed by atoms with E-state index >= 15 is 0 Å². The van der Waals surface area contributed by atoms with Crippen LogP contribution < -0.4 is 10.2 Å². The van der Waals surface area contributed by atoms with Crippen molar-refractivity contribution in [3.8, 4) is 0 Å². The van der Waals surface area contributed by atoms with E-state index < -0.39 is 0 Å². The lowest BCUT2D eigenvalue weighted by Crippen LogP contribution is -2.29. The average Bonchev–Trinajstić information content (AvgIpc) is 2.55. The van der Waals surface area contributed by atoms with Crippen LogP contribution in [0.2, 0.25) is 0 Å². The first-order valence-corrected chi connectivity index (χ1v) is 7.82. The first-order chi connectivity index (χ1) is 10.3. The van der Waals surface area contributed by atoms with Gasteiger partial charge in [0.15, 0.2) is 0 Å². The summed E-state index contributed by atoms with van der Waals surface area (Å²) in [4.78, 5) is 6.90. The second kappa shape index (κ2) is 6.61. The van der Waals surface area contributed by atoms with Crippen LogP contribution in [0.1, 0.15) is 30.5 Å². The molecule has 1 aromatic heterocycles. The number of pyridine rings is 1. The first kappa shape index (κ1) is 13.9. The van der Waals surface area contributed by atoms with Gasteiger partial charge in [0, 0.05) is 30.7 Å². The third-order valence-corrected chi connectivity index (χ3v) is 4.17. The van der Waals surface area contributed by atoms with E-state index in [1.54, 1.807) is 0 Å². The van der Waals surface area contributed by atoms with Gasteiger partial charge in [-0.25, -0.2) is 0 Å². The molecule has 0 bridgehead atoms. The van der Waals surface area contributed by atoms with Crippen molar-refractivity contribution in [2.75, 3.05) is 23.3 Å². The van der Waals surface area contributed by atoms with Crippen molar-refractivity contribution in [2.45, 2.75) is 32.7 Å². The van der Waals surface area contributed by atoms with Gasteiger partial charge in [-0.15, -0.1) is 0 Å². The first-order valence-electron chi connectivity index (χ1n) is 7.82. The average molecular weight is 281 g/mol. The number of benzene rings is 1. The van der Waals surface area contributed by atoms with E-state index in [1.165, 1.54) is 43.6 Å². The summed E-state index contributed by atoms with van der Waals surface area (Å²) in [6, 6.07) is 12.9. The zero-order valence-electron chi connectivity index (χ0n) is 12.7. The highest BCUT2D eigenvalue weighted by atomic mass is 15.1. The molecule has 3 heteroatoms. The highest BCUT2D eigenvalue weighted by Gasteiger charge is 2.10. The molecule has 1 saturated heterocycles. The van der Waals surface area contributed by atoms with E-state index in [0.717, 1.165) is 17.9 Å². The quantitative estimate of drug-likeness (QED) is 0.918. The lowest BCUT2D eigenvalue weighted by Gasteiger charge is -2.28. The topological polar surface area (TPSA) is 28.2 Å². The third-order valence-electron chi connectivity index (χ3n) is 4.17. The van der Waals surface area contributed by atoms with Gasteiger partial charge < -0.3 is 10.2 Å². The molecule has 1 aliphatic rings. The standard InChI is InChI=1S/C18H23N3/c1-15-6-5-11-19-18(15)14-20-16-7-9-17(10-8-16)21-12-3-2-4-13-21/h5-11,20H,2-4,12-14H2,1H3. The predicted octanol–water partition coefficient (Wildman–Crippen LogP) is 3.99. The van der Waals surface area contributed by atoms with Gasteiger partial charge in [0.1, 0.15) is 0 Å². The Morgan fingerprint density at radius 2 is 1.81 bits per heavy atom. The second-order valence-corrected chi connectivity index (χ2v) is 5.72. The fourth-order valence-corrected chi connectivity index (χ4v) is 2.83. The molecule has 2 aromatic rings. The number of nitrogens with one attached hydrogen (secondary N) is 1. The minimum Gasteiger partial charge on any atom is -0.379 e. The van der Waals surface area contributed by atoms with Gasteiger partial charge in [-0.05, 0) is 62.1 Å². The van der Waals surface area contributed by atoms with Gasteiger partial charge in [0.2, 0.25) is 0 Å². The van der Waals surface area contributed by atoms with Crippen LogP contribution in [-0.4, -0.2) is 18.1 Å². The molecular weight excluding hydrogens is 258 g/mol. The Bertz CT molecular complexity index is 571. The zero-order valence-corrected chi connectivity index (χ0v) is 12.7. The predicted molar refractivity (Wildman–Crippen MR) is 88.8 cm³/mol. The van der Waals surface area contributed by atoms with Gasteiger partial charge in [0.25, 0.3) is 0 Å². The van der Waals surface area contributed by atoms with Crippen molar-refractivity contribution >= 4 is 11.4 Å². The van der Waals surface area contributed by atoms with Crippen LogP contribution in [0, 0.1) is 6.92 Å². The summed E-state index contributed by atoms with van der Waals surface area (Å²) in [5.41, 5.74) is 4.84. The number of hydrogen-bond acceptors (Lipinski definition) is 3. The minimum atomic E-state index is 0.774. The van der Waals surface area contributed by atoms with Crippen LogP contribution in [0.4, 0.5) is 11.4 Å². The summed E-state index contributed by atoms with van der Waals surface area (Å²) in [5, 5.41) is 3.45. The molecule has 1 aromatic carbocycles. The number of anilines is 2. The van der Waals surface area contributed by atoms with Crippen LogP contribution in [-0.2, 0) is 6.54 Å². The number of piperidine rings is 1. The number of hydrogen-bond donors (Lipinski definition) is 1. The molecule has 3 rings (SSSR count). The molecule has 0 unspecified atom stereocenters. The van der Waals surface area contributed by atoms with Crippen molar-refractivity contribution in [1.29, 1.82) is 0 Å². The molecule has 0 aliphatic carbocycles. The van der Waals surface area contributed by atoms with E-state index in [-0.39, 0.29) is 0 Å². The maximum Gasteiger partial charge on any atom is 0.0623 e. The molecule has 0 amide bonds. The second-order valence-electron chi connectivity index (χ2n) is 5.72. The third kappa shape index (κ3) is 3.54. The monoisotopic (exact) mass is 281 g/mol. The van der Waals surface area contributed by atoms with Gasteiger partial charge in [-0.1, -0.05) is 6.07 Å². The largest absolute Gasteiger partial charge is 0.379 e. The summed E-state index contributed by atoms with van der Waals surface area (Å²) in [6.07, 6.45) is 5.86. The lowest BCUT2D eigenvalue weighted by atomic mass is 10.1. The lowest BCUT2D eigenvalue weighted by molar-refractivity contribution is 0.578.